The maximum absolute atomic E-state index is 12.2. The highest BCUT2D eigenvalue weighted by atomic mass is 32.1. The Balaban J connectivity index is 1.07. The Morgan fingerprint density at radius 3 is 2.39 bits per heavy atom. The van der Waals surface area contributed by atoms with Crippen LogP contribution in [0.1, 0.15) is 44.2 Å². The zero-order valence-electron chi connectivity index (χ0n) is 17.6. The van der Waals surface area contributed by atoms with Crippen LogP contribution in [0, 0.1) is 23.2 Å². The van der Waals surface area contributed by atoms with Crippen molar-refractivity contribution in [1.82, 2.24) is 10.3 Å². The fraction of sp³-hybridized carbons (Fsp3) is 0.542. The Bertz CT molecular complexity index is 907. The third-order valence-corrected chi connectivity index (χ3v) is 7.89. The van der Waals surface area contributed by atoms with Crippen LogP contribution in [0.2, 0.25) is 0 Å². The molecule has 0 spiro atoms. The molecule has 164 valence electrons. The molecule has 1 aromatic carbocycles. The van der Waals surface area contributed by atoms with Gasteiger partial charge in [0.05, 0.1) is 12.2 Å². The Kier molecular flexibility index (Phi) is 5.69. The van der Waals surface area contributed by atoms with Crippen LogP contribution in [0.4, 0.5) is 5.13 Å². The largest absolute Gasteiger partial charge is 0.484 e. The number of rotatable bonds is 8. The van der Waals surface area contributed by atoms with Crippen LogP contribution in [0.5, 0.6) is 5.75 Å². The van der Waals surface area contributed by atoms with Gasteiger partial charge in [0, 0.05) is 5.38 Å². The van der Waals surface area contributed by atoms with Gasteiger partial charge in [-0.2, -0.15) is 0 Å². The maximum atomic E-state index is 12.2. The monoisotopic (exact) mass is 439 g/mol. The lowest BCUT2D eigenvalue weighted by atomic mass is 9.48. The lowest BCUT2D eigenvalue weighted by Crippen LogP contribution is -2.47. The van der Waals surface area contributed by atoms with Crippen LogP contribution < -0.4 is 15.4 Å². The molecule has 2 N–H and O–H groups in total. The van der Waals surface area contributed by atoms with Crippen molar-refractivity contribution in [3.8, 4) is 5.75 Å². The number of nitrogens with zero attached hydrogens (tertiary/aromatic N) is 1. The fourth-order valence-electron chi connectivity index (χ4n) is 6.40. The number of hydrogen-bond acceptors (Lipinski definition) is 5. The molecule has 4 aliphatic carbocycles. The summed E-state index contributed by atoms with van der Waals surface area (Å²) < 4.78 is 5.38. The molecule has 2 aromatic rings. The number of carbonyl (C=O) groups excluding carboxylic acids is 2. The third-order valence-electron chi connectivity index (χ3n) is 7.08. The first-order valence-electron chi connectivity index (χ1n) is 11.2. The molecule has 31 heavy (non-hydrogen) atoms. The number of ether oxygens (including phenoxy) is 1. The average molecular weight is 440 g/mol. The lowest BCUT2D eigenvalue weighted by molar-refractivity contribution is -0.125. The van der Waals surface area contributed by atoms with Crippen molar-refractivity contribution in [3.63, 3.8) is 0 Å². The van der Waals surface area contributed by atoms with E-state index in [9.17, 15) is 9.59 Å². The Hall–Kier alpha value is -2.41. The van der Waals surface area contributed by atoms with Crippen molar-refractivity contribution in [2.24, 2.45) is 23.2 Å². The van der Waals surface area contributed by atoms with Crippen molar-refractivity contribution in [1.29, 1.82) is 0 Å². The molecular weight excluding hydrogens is 410 g/mol. The van der Waals surface area contributed by atoms with E-state index >= 15 is 0 Å². The Labute approximate surface area is 186 Å². The summed E-state index contributed by atoms with van der Waals surface area (Å²) in [7, 11) is 0. The number of para-hydroxylation sites is 1. The van der Waals surface area contributed by atoms with Crippen molar-refractivity contribution >= 4 is 28.3 Å². The van der Waals surface area contributed by atoms with Crippen LogP contribution in [-0.2, 0) is 16.0 Å². The molecule has 0 unspecified atom stereocenters. The number of nitrogens with one attached hydrogen (secondary N) is 2. The summed E-state index contributed by atoms with van der Waals surface area (Å²) in [4.78, 5) is 28.8. The zero-order valence-corrected chi connectivity index (χ0v) is 18.5. The van der Waals surface area contributed by atoms with Gasteiger partial charge < -0.3 is 15.4 Å². The molecule has 2 amide bonds. The molecule has 1 heterocycles. The number of hydrogen-bond donors (Lipinski definition) is 2. The number of aromatic nitrogens is 1. The van der Waals surface area contributed by atoms with Gasteiger partial charge in [-0.3, -0.25) is 9.59 Å². The quantitative estimate of drug-likeness (QED) is 0.651. The Morgan fingerprint density at radius 1 is 1.03 bits per heavy atom. The first kappa shape index (κ1) is 20.5. The molecule has 4 aliphatic rings. The predicted molar refractivity (Wildman–Crippen MR) is 120 cm³/mol. The van der Waals surface area contributed by atoms with Crippen molar-refractivity contribution < 1.29 is 14.3 Å². The molecule has 0 radical (unpaired) electrons. The second-order valence-corrected chi connectivity index (χ2v) is 10.5. The molecule has 7 heteroatoms. The highest BCUT2D eigenvalue weighted by Gasteiger charge is 2.50. The van der Waals surface area contributed by atoms with E-state index < -0.39 is 0 Å². The summed E-state index contributed by atoms with van der Waals surface area (Å²) >= 11 is 1.47. The fourth-order valence-corrected chi connectivity index (χ4v) is 7.12. The summed E-state index contributed by atoms with van der Waals surface area (Å²) in [5.41, 5.74) is 1.54. The summed E-state index contributed by atoms with van der Waals surface area (Å²) in [6, 6.07) is 9.12. The van der Waals surface area contributed by atoms with Crippen molar-refractivity contribution in [2.75, 3.05) is 18.5 Å². The van der Waals surface area contributed by atoms with Crippen LogP contribution in [0.15, 0.2) is 35.7 Å². The van der Waals surface area contributed by atoms with E-state index in [-0.39, 0.29) is 25.0 Å². The van der Waals surface area contributed by atoms with Gasteiger partial charge in [0.15, 0.2) is 11.7 Å². The van der Waals surface area contributed by atoms with Gasteiger partial charge >= 0.3 is 0 Å². The second-order valence-electron chi connectivity index (χ2n) is 9.66. The van der Waals surface area contributed by atoms with Gasteiger partial charge in [-0.1, -0.05) is 18.2 Å². The van der Waals surface area contributed by atoms with E-state index in [1.165, 1.54) is 49.9 Å². The van der Waals surface area contributed by atoms with Crippen LogP contribution in [0.25, 0.3) is 0 Å². The predicted octanol–water partition coefficient (Wildman–Crippen LogP) is 4.04. The van der Waals surface area contributed by atoms with Gasteiger partial charge in [-0.25, -0.2) is 4.98 Å². The Morgan fingerprint density at radius 2 is 1.71 bits per heavy atom. The van der Waals surface area contributed by atoms with Crippen LogP contribution in [0.3, 0.4) is 0 Å². The van der Waals surface area contributed by atoms with E-state index in [1.807, 2.05) is 18.2 Å². The molecule has 0 saturated heterocycles. The summed E-state index contributed by atoms with van der Waals surface area (Å²) in [5.74, 6) is 2.80. The highest BCUT2D eigenvalue weighted by molar-refractivity contribution is 7.13. The normalized spacial score (nSPS) is 28.3. The molecule has 4 fully saturated rings. The van der Waals surface area contributed by atoms with E-state index in [4.69, 9.17) is 4.74 Å². The number of carbonyl (C=O) groups is 2. The SMILES string of the molecule is O=C(COc1ccccc1)NCC(=O)Nc1nc(CC23CC4CC(CC(C4)C2)C3)cs1. The summed E-state index contributed by atoms with van der Waals surface area (Å²) in [5, 5.41) is 8.09. The summed E-state index contributed by atoms with van der Waals surface area (Å²) in [6.07, 6.45) is 9.44. The van der Waals surface area contributed by atoms with Gasteiger partial charge in [0.2, 0.25) is 5.91 Å². The standard InChI is InChI=1S/C24H29N3O3S/c28-21(13-25-22(29)14-30-20-4-2-1-3-5-20)27-23-26-19(15-31-23)12-24-9-16-6-17(10-24)8-18(7-16)11-24/h1-5,15-18H,6-14H2,(H,25,29)(H,26,27,28). The van der Waals surface area contributed by atoms with Crippen molar-refractivity contribution in [3.05, 3.63) is 41.4 Å². The number of thiazole rings is 1. The maximum Gasteiger partial charge on any atom is 0.258 e. The zero-order chi connectivity index (χ0) is 21.3. The number of amides is 2. The van der Waals surface area contributed by atoms with Gasteiger partial charge in [-0.15, -0.1) is 11.3 Å². The van der Waals surface area contributed by atoms with Gasteiger partial charge in [-0.05, 0) is 80.2 Å². The lowest BCUT2D eigenvalue weighted by Gasteiger charge is -2.56. The topological polar surface area (TPSA) is 80.3 Å². The van der Waals surface area contributed by atoms with Crippen LogP contribution in [-0.4, -0.2) is 29.9 Å². The average Bonchev–Trinajstić information content (AvgIpc) is 3.16. The summed E-state index contributed by atoms with van der Waals surface area (Å²) in [6.45, 7) is -0.218. The van der Waals surface area contributed by atoms with E-state index in [2.05, 4.69) is 21.0 Å². The molecule has 0 aliphatic heterocycles. The van der Waals surface area contributed by atoms with E-state index in [0.717, 1.165) is 29.9 Å². The smallest absolute Gasteiger partial charge is 0.258 e. The second kappa shape index (κ2) is 8.61. The van der Waals surface area contributed by atoms with Crippen molar-refractivity contribution in [2.45, 2.75) is 44.9 Å². The molecular formula is C24H29N3O3S. The minimum absolute atomic E-state index is 0.0964. The first-order chi connectivity index (χ1) is 15.1. The molecule has 0 atom stereocenters. The van der Waals surface area contributed by atoms with Gasteiger partial charge in [0.1, 0.15) is 5.75 Å². The minimum atomic E-state index is -0.333. The molecule has 6 rings (SSSR count). The third kappa shape index (κ3) is 4.92. The van der Waals surface area contributed by atoms with Gasteiger partial charge in [0.25, 0.3) is 5.91 Å². The highest BCUT2D eigenvalue weighted by Crippen LogP contribution is 2.61. The van der Waals surface area contributed by atoms with Crippen LogP contribution >= 0.6 is 11.3 Å². The molecule has 1 aromatic heterocycles. The van der Waals surface area contributed by atoms with E-state index in [0.29, 0.717) is 16.3 Å². The number of benzene rings is 1. The number of anilines is 1. The minimum Gasteiger partial charge on any atom is -0.484 e. The molecule has 4 saturated carbocycles. The first-order valence-corrected chi connectivity index (χ1v) is 12.1. The molecule has 6 nitrogen and oxygen atoms in total. The van der Waals surface area contributed by atoms with E-state index in [1.54, 1.807) is 12.1 Å². The molecule has 4 bridgehead atoms.